The van der Waals surface area contributed by atoms with Crippen LogP contribution in [-0.4, -0.2) is 11.9 Å². The van der Waals surface area contributed by atoms with Crippen molar-refractivity contribution in [3.05, 3.63) is 35.4 Å². The first-order valence-corrected chi connectivity index (χ1v) is 6.64. The molecule has 1 amide bonds. The van der Waals surface area contributed by atoms with Gasteiger partial charge in [-0.3, -0.25) is 4.79 Å². The van der Waals surface area contributed by atoms with E-state index in [4.69, 9.17) is 0 Å². The lowest BCUT2D eigenvalue weighted by Crippen LogP contribution is -2.39. The molecule has 1 aliphatic carbocycles. The zero-order valence-electron chi connectivity index (χ0n) is 11.3. The minimum Gasteiger partial charge on any atom is -0.349 e. The van der Waals surface area contributed by atoms with E-state index in [0.29, 0.717) is 5.41 Å². The molecule has 0 aliphatic heterocycles. The summed E-state index contributed by atoms with van der Waals surface area (Å²) in [6.07, 6.45) is 3.83. The molecule has 0 unspecified atom stereocenters. The van der Waals surface area contributed by atoms with Crippen LogP contribution in [0.1, 0.15) is 49.9 Å². The van der Waals surface area contributed by atoms with Gasteiger partial charge >= 0.3 is 0 Å². The summed E-state index contributed by atoms with van der Waals surface area (Å²) in [6.45, 7) is 4.41. The van der Waals surface area contributed by atoms with Gasteiger partial charge in [0.25, 0.3) is 5.91 Å². The Labute approximate surface area is 112 Å². The number of halogens is 2. The van der Waals surface area contributed by atoms with Crippen molar-refractivity contribution >= 4 is 5.91 Å². The maximum Gasteiger partial charge on any atom is 0.254 e. The molecule has 0 saturated heterocycles. The minimum absolute atomic E-state index is 0.0585. The van der Waals surface area contributed by atoms with Crippen molar-refractivity contribution in [3.63, 3.8) is 0 Å². The molecule has 4 heteroatoms. The lowest BCUT2D eigenvalue weighted by molar-refractivity contribution is 0.0904. The molecule has 1 aromatic rings. The fourth-order valence-corrected chi connectivity index (χ4v) is 2.49. The van der Waals surface area contributed by atoms with Crippen LogP contribution >= 0.6 is 0 Å². The maximum atomic E-state index is 13.5. The molecule has 0 radical (unpaired) electrons. The Balaban J connectivity index is 2.00. The highest BCUT2D eigenvalue weighted by Gasteiger charge is 2.28. The molecule has 0 spiro atoms. The van der Waals surface area contributed by atoms with Crippen LogP contribution in [0.25, 0.3) is 0 Å². The summed E-state index contributed by atoms with van der Waals surface area (Å²) >= 11 is 0. The van der Waals surface area contributed by atoms with Gasteiger partial charge in [0.2, 0.25) is 0 Å². The molecule has 1 aromatic carbocycles. The van der Waals surface area contributed by atoms with E-state index >= 15 is 0 Å². The number of nitrogens with one attached hydrogen (secondary N) is 1. The van der Waals surface area contributed by atoms with Crippen molar-refractivity contribution in [2.45, 2.75) is 45.6 Å². The van der Waals surface area contributed by atoms with Gasteiger partial charge in [-0.1, -0.05) is 19.9 Å². The van der Waals surface area contributed by atoms with Gasteiger partial charge in [0.1, 0.15) is 0 Å². The van der Waals surface area contributed by atoms with Crippen LogP contribution < -0.4 is 5.32 Å². The fraction of sp³-hybridized carbons (Fsp3) is 0.533. The normalized spacial score (nSPS) is 19.2. The van der Waals surface area contributed by atoms with Crippen molar-refractivity contribution in [2.75, 3.05) is 0 Å². The Kier molecular flexibility index (Phi) is 3.88. The van der Waals surface area contributed by atoms with E-state index in [-0.39, 0.29) is 11.6 Å². The first kappa shape index (κ1) is 14.0. The molecule has 19 heavy (non-hydrogen) atoms. The summed E-state index contributed by atoms with van der Waals surface area (Å²) in [7, 11) is 0. The van der Waals surface area contributed by atoms with E-state index in [1.165, 1.54) is 12.1 Å². The second-order valence-electron chi connectivity index (χ2n) is 6.01. The lowest BCUT2D eigenvalue weighted by atomic mass is 9.75. The quantitative estimate of drug-likeness (QED) is 0.870. The number of carbonyl (C=O) groups excluding carboxylic acids is 1. The first-order valence-electron chi connectivity index (χ1n) is 6.64. The molecule has 2 nitrogen and oxygen atoms in total. The largest absolute Gasteiger partial charge is 0.349 e. The number of hydrogen-bond acceptors (Lipinski definition) is 1. The van der Waals surface area contributed by atoms with E-state index in [2.05, 4.69) is 19.2 Å². The monoisotopic (exact) mass is 267 g/mol. The van der Waals surface area contributed by atoms with Crippen molar-refractivity contribution in [3.8, 4) is 0 Å². The summed E-state index contributed by atoms with van der Waals surface area (Å²) in [6, 6.07) is 3.72. The van der Waals surface area contributed by atoms with Crippen LogP contribution in [0.2, 0.25) is 0 Å². The van der Waals surface area contributed by atoms with E-state index in [0.717, 1.165) is 31.7 Å². The second kappa shape index (κ2) is 5.27. The highest BCUT2D eigenvalue weighted by molar-refractivity contribution is 5.94. The molecular weight excluding hydrogens is 248 g/mol. The standard InChI is InChI=1S/C15H19F2NO/c1-15(2)8-6-10(7-9-15)18-14(19)11-4-3-5-12(16)13(11)17/h3-5,10H,6-9H2,1-2H3,(H,18,19). The molecule has 0 bridgehead atoms. The Hall–Kier alpha value is -1.45. The topological polar surface area (TPSA) is 29.1 Å². The SMILES string of the molecule is CC1(C)CCC(NC(=O)c2cccc(F)c2F)CC1. The smallest absolute Gasteiger partial charge is 0.254 e. The van der Waals surface area contributed by atoms with Gasteiger partial charge < -0.3 is 5.32 Å². The Morgan fingerprint density at radius 3 is 2.53 bits per heavy atom. The van der Waals surface area contributed by atoms with Crippen molar-refractivity contribution in [2.24, 2.45) is 5.41 Å². The summed E-state index contributed by atoms with van der Waals surface area (Å²) in [5.74, 6) is -2.59. The highest BCUT2D eigenvalue weighted by atomic mass is 19.2. The average Bonchev–Trinajstić information content (AvgIpc) is 2.35. The number of carbonyl (C=O) groups is 1. The minimum atomic E-state index is -1.07. The molecule has 1 saturated carbocycles. The van der Waals surface area contributed by atoms with E-state index in [9.17, 15) is 13.6 Å². The highest BCUT2D eigenvalue weighted by Crippen LogP contribution is 2.35. The van der Waals surface area contributed by atoms with Gasteiger partial charge in [-0.2, -0.15) is 0 Å². The number of benzene rings is 1. The summed E-state index contributed by atoms with van der Waals surface area (Å²) < 4.78 is 26.6. The lowest BCUT2D eigenvalue weighted by Gasteiger charge is -2.34. The van der Waals surface area contributed by atoms with Crippen molar-refractivity contribution in [1.82, 2.24) is 5.32 Å². The molecule has 104 valence electrons. The molecule has 0 heterocycles. The number of hydrogen-bond donors (Lipinski definition) is 1. The van der Waals surface area contributed by atoms with Crippen LogP contribution in [0.5, 0.6) is 0 Å². The second-order valence-corrected chi connectivity index (χ2v) is 6.01. The number of amides is 1. The Morgan fingerprint density at radius 2 is 1.89 bits per heavy atom. The summed E-state index contributed by atoms with van der Waals surface area (Å²) in [4.78, 5) is 11.9. The predicted octanol–water partition coefficient (Wildman–Crippen LogP) is 3.66. The number of rotatable bonds is 2. The van der Waals surface area contributed by atoms with Crippen LogP contribution in [0.15, 0.2) is 18.2 Å². The van der Waals surface area contributed by atoms with Crippen LogP contribution in [0, 0.1) is 17.0 Å². The van der Waals surface area contributed by atoms with Crippen LogP contribution in [0.4, 0.5) is 8.78 Å². The van der Waals surface area contributed by atoms with Gasteiger partial charge in [-0.05, 0) is 43.2 Å². The Morgan fingerprint density at radius 1 is 1.26 bits per heavy atom. The van der Waals surface area contributed by atoms with E-state index < -0.39 is 17.5 Å². The Bertz CT molecular complexity index is 475. The van der Waals surface area contributed by atoms with Gasteiger partial charge in [0.15, 0.2) is 11.6 Å². The van der Waals surface area contributed by atoms with Crippen molar-refractivity contribution < 1.29 is 13.6 Å². The van der Waals surface area contributed by atoms with Gasteiger partial charge in [0.05, 0.1) is 5.56 Å². The molecule has 2 rings (SSSR count). The van der Waals surface area contributed by atoms with E-state index in [1.54, 1.807) is 0 Å². The van der Waals surface area contributed by atoms with Crippen LogP contribution in [-0.2, 0) is 0 Å². The molecule has 1 N–H and O–H groups in total. The molecule has 1 aliphatic rings. The third-order valence-electron chi connectivity index (χ3n) is 3.87. The fourth-order valence-electron chi connectivity index (χ4n) is 2.49. The maximum absolute atomic E-state index is 13.5. The van der Waals surface area contributed by atoms with Crippen molar-refractivity contribution in [1.29, 1.82) is 0 Å². The summed E-state index contributed by atoms with van der Waals surface area (Å²) in [5, 5.41) is 2.80. The zero-order valence-corrected chi connectivity index (χ0v) is 11.3. The third-order valence-corrected chi connectivity index (χ3v) is 3.87. The van der Waals surface area contributed by atoms with Gasteiger partial charge in [-0.15, -0.1) is 0 Å². The van der Waals surface area contributed by atoms with E-state index in [1.807, 2.05) is 0 Å². The molecular formula is C15H19F2NO. The molecule has 1 fully saturated rings. The van der Waals surface area contributed by atoms with Gasteiger partial charge in [-0.25, -0.2) is 8.78 Å². The average molecular weight is 267 g/mol. The molecule has 0 atom stereocenters. The zero-order chi connectivity index (χ0) is 14.0. The van der Waals surface area contributed by atoms with Gasteiger partial charge in [0, 0.05) is 6.04 Å². The first-order chi connectivity index (χ1) is 8.89. The third kappa shape index (κ3) is 3.31. The van der Waals surface area contributed by atoms with Crippen LogP contribution in [0.3, 0.4) is 0 Å². The summed E-state index contributed by atoms with van der Waals surface area (Å²) in [5.41, 5.74) is 0.0931. The molecule has 0 aromatic heterocycles. The predicted molar refractivity (Wildman–Crippen MR) is 69.9 cm³/mol.